The van der Waals surface area contributed by atoms with Crippen LogP contribution in [0.25, 0.3) is 0 Å². The molecular formula is C5H10O6. The largest absolute Gasteiger partial charge is 0.394 e. The smallest absolute Gasteiger partial charge is 0.220 e. The van der Waals surface area contributed by atoms with Gasteiger partial charge in [-0.3, -0.25) is 0 Å². The van der Waals surface area contributed by atoms with E-state index in [9.17, 15) is 0 Å². The molecule has 0 bridgehead atoms. The molecule has 4 atom stereocenters. The van der Waals surface area contributed by atoms with E-state index >= 15 is 0 Å². The van der Waals surface area contributed by atoms with Gasteiger partial charge in [-0.1, -0.05) is 0 Å². The molecule has 6 heteroatoms. The van der Waals surface area contributed by atoms with Gasteiger partial charge < -0.3 is 20.1 Å². The number of hydrogen-bond acceptors (Lipinski definition) is 6. The van der Waals surface area contributed by atoms with Gasteiger partial charge in [0, 0.05) is 0 Å². The van der Waals surface area contributed by atoms with E-state index < -0.39 is 31.2 Å². The Hall–Kier alpha value is -0.240. The van der Waals surface area contributed by atoms with Crippen LogP contribution in [-0.2, 0) is 9.62 Å². The summed E-state index contributed by atoms with van der Waals surface area (Å²) in [4.78, 5) is 3.68. The van der Waals surface area contributed by atoms with Crippen LogP contribution in [0.4, 0.5) is 0 Å². The summed E-state index contributed by atoms with van der Waals surface area (Å²) < 4.78 is 4.66. The minimum Gasteiger partial charge on any atom is -0.394 e. The molecule has 0 aromatic rings. The summed E-state index contributed by atoms with van der Waals surface area (Å²) in [6, 6.07) is 0. The van der Waals surface area contributed by atoms with Crippen LogP contribution in [0.1, 0.15) is 0 Å². The quantitative estimate of drug-likeness (QED) is 0.277. The second-order valence-corrected chi connectivity index (χ2v) is 2.31. The molecule has 0 saturated carbocycles. The highest BCUT2D eigenvalue weighted by atomic mass is 17.1. The van der Waals surface area contributed by atoms with Crippen LogP contribution in [-0.4, -0.2) is 51.8 Å². The molecule has 66 valence electrons. The lowest BCUT2D eigenvalue weighted by atomic mass is 10.1. The van der Waals surface area contributed by atoms with Gasteiger partial charge >= 0.3 is 0 Å². The third-order valence-electron chi connectivity index (χ3n) is 1.60. The summed E-state index contributed by atoms with van der Waals surface area (Å²) in [5.74, 6) is 0. The van der Waals surface area contributed by atoms with Crippen molar-refractivity contribution in [1.82, 2.24) is 0 Å². The van der Waals surface area contributed by atoms with Crippen molar-refractivity contribution in [2.75, 3.05) is 6.61 Å². The van der Waals surface area contributed by atoms with Crippen molar-refractivity contribution in [1.29, 1.82) is 0 Å². The fourth-order valence-corrected chi connectivity index (χ4v) is 0.952. The first-order valence-corrected chi connectivity index (χ1v) is 3.13. The summed E-state index contributed by atoms with van der Waals surface area (Å²) in [5, 5.41) is 34.6. The van der Waals surface area contributed by atoms with Gasteiger partial charge in [-0.25, -0.2) is 10.1 Å². The Bertz CT molecular complexity index is 110. The third-order valence-corrected chi connectivity index (χ3v) is 1.60. The zero-order valence-corrected chi connectivity index (χ0v) is 5.62. The lowest BCUT2D eigenvalue weighted by Crippen LogP contribution is -2.34. The molecule has 0 aromatic carbocycles. The normalized spacial score (nSPS) is 44.7. The van der Waals surface area contributed by atoms with E-state index in [4.69, 9.17) is 20.6 Å². The standard InChI is InChI=1S/C5H10O6/c6-1-2-3(7)4(8)5(10-2)11-9/h2-9H,1H2/t2-,3-,4-,5?/m1/s1. The molecule has 1 fully saturated rings. The van der Waals surface area contributed by atoms with Crippen LogP contribution in [0.2, 0.25) is 0 Å². The number of ether oxygens (including phenoxy) is 1. The lowest BCUT2D eigenvalue weighted by molar-refractivity contribution is -0.354. The van der Waals surface area contributed by atoms with Crippen LogP contribution in [0.15, 0.2) is 0 Å². The zero-order chi connectivity index (χ0) is 8.43. The summed E-state index contributed by atoms with van der Waals surface area (Å²) in [7, 11) is 0. The van der Waals surface area contributed by atoms with Crippen molar-refractivity contribution in [2.24, 2.45) is 0 Å². The molecule has 0 aliphatic carbocycles. The van der Waals surface area contributed by atoms with E-state index in [1.54, 1.807) is 0 Å². The average Bonchev–Trinajstić information content (AvgIpc) is 2.30. The van der Waals surface area contributed by atoms with E-state index in [0.29, 0.717) is 0 Å². The molecule has 1 rings (SSSR count). The Morgan fingerprint density at radius 2 is 1.91 bits per heavy atom. The Morgan fingerprint density at radius 1 is 1.27 bits per heavy atom. The first-order chi connectivity index (χ1) is 5.20. The Kier molecular flexibility index (Phi) is 2.77. The molecule has 6 nitrogen and oxygen atoms in total. The second-order valence-electron chi connectivity index (χ2n) is 2.31. The van der Waals surface area contributed by atoms with Gasteiger partial charge in [0.2, 0.25) is 6.29 Å². The van der Waals surface area contributed by atoms with E-state index in [1.807, 2.05) is 0 Å². The van der Waals surface area contributed by atoms with Crippen molar-refractivity contribution in [3.05, 3.63) is 0 Å². The highest BCUT2D eigenvalue weighted by Crippen LogP contribution is 2.20. The fourth-order valence-electron chi connectivity index (χ4n) is 0.952. The first kappa shape index (κ1) is 8.85. The molecule has 0 spiro atoms. The van der Waals surface area contributed by atoms with Gasteiger partial charge in [0.25, 0.3) is 0 Å². The van der Waals surface area contributed by atoms with Crippen molar-refractivity contribution in [2.45, 2.75) is 24.6 Å². The van der Waals surface area contributed by atoms with E-state index in [1.165, 1.54) is 0 Å². The van der Waals surface area contributed by atoms with Gasteiger partial charge in [0.1, 0.15) is 18.3 Å². The molecule has 1 heterocycles. The van der Waals surface area contributed by atoms with E-state index in [2.05, 4.69) is 9.62 Å². The van der Waals surface area contributed by atoms with Crippen molar-refractivity contribution in [3.63, 3.8) is 0 Å². The van der Waals surface area contributed by atoms with Gasteiger partial charge in [0.15, 0.2) is 0 Å². The summed E-state index contributed by atoms with van der Waals surface area (Å²) in [6.07, 6.45) is -4.72. The van der Waals surface area contributed by atoms with Crippen LogP contribution < -0.4 is 0 Å². The predicted molar refractivity (Wildman–Crippen MR) is 31.5 cm³/mol. The summed E-state index contributed by atoms with van der Waals surface area (Å²) in [5.41, 5.74) is 0. The molecule has 11 heavy (non-hydrogen) atoms. The van der Waals surface area contributed by atoms with Crippen molar-refractivity contribution in [3.8, 4) is 0 Å². The maximum atomic E-state index is 9.03. The van der Waals surface area contributed by atoms with Gasteiger partial charge in [-0.2, -0.15) is 0 Å². The topological polar surface area (TPSA) is 99.4 Å². The maximum Gasteiger partial charge on any atom is 0.220 e. The number of aliphatic hydroxyl groups is 3. The minimum absolute atomic E-state index is 0.432. The second kappa shape index (κ2) is 3.44. The third kappa shape index (κ3) is 1.51. The molecule has 1 unspecified atom stereocenters. The van der Waals surface area contributed by atoms with Gasteiger partial charge in [-0.05, 0) is 0 Å². The molecular weight excluding hydrogens is 156 g/mol. The fraction of sp³-hybridized carbons (Fsp3) is 1.00. The molecule has 0 aromatic heterocycles. The summed E-state index contributed by atoms with van der Waals surface area (Å²) in [6.45, 7) is -0.432. The molecule has 4 N–H and O–H groups in total. The maximum absolute atomic E-state index is 9.03. The molecule has 0 radical (unpaired) electrons. The van der Waals surface area contributed by atoms with Gasteiger partial charge in [-0.15, -0.1) is 0 Å². The molecule has 1 aliphatic heterocycles. The number of hydrogen-bond donors (Lipinski definition) is 4. The molecule has 1 saturated heterocycles. The predicted octanol–water partition coefficient (Wildman–Crippen LogP) is -2.08. The minimum atomic E-state index is -1.32. The highest BCUT2D eigenvalue weighted by molar-refractivity contribution is 4.85. The zero-order valence-electron chi connectivity index (χ0n) is 5.62. The average molecular weight is 166 g/mol. The van der Waals surface area contributed by atoms with Crippen LogP contribution in [0.3, 0.4) is 0 Å². The first-order valence-electron chi connectivity index (χ1n) is 3.13. The van der Waals surface area contributed by atoms with Crippen LogP contribution in [0.5, 0.6) is 0 Å². The SMILES string of the molecule is OC[C@H]1OC(OO)[C@H](O)[C@@H]1O. The lowest BCUT2D eigenvalue weighted by Gasteiger charge is -2.09. The highest BCUT2D eigenvalue weighted by Gasteiger charge is 2.43. The summed E-state index contributed by atoms with van der Waals surface area (Å²) >= 11 is 0. The van der Waals surface area contributed by atoms with E-state index in [-0.39, 0.29) is 0 Å². The van der Waals surface area contributed by atoms with E-state index in [0.717, 1.165) is 0 Å². The number of aliphatic hydroxyl groups excluding tert-OH is 3. The number of rotatable bonds is 2. The Balaban J connectivity index is 2.53. The van der Waals surface area contributed by atoms with Crippen LogP contribution in [0, 0.1) is 0 Å². The Morgan fingerprint density at radius 3 is 2.18 bits per heavy atom. The van der Waals surface area contributed by atoms with Crippen LogP contribution >= 0.6 is 0 Å². The van der Waals surface area contributed by atoms with Crippen molar-refractivity contribution >= 4 is 0 Å². The molecule has 1 aliphatic rings. The van der Waals surface area contributed by atoms with Crippen molar-refractivity contribution < 1.29 is 30.2 Å². The monoisotopic (exact) mass is 166 g/mol. The Labute approximate surface area is 62.5 Å². The van der Waals surface area contributed by atoms with Gasteiger partial charge in [0.05, 0.1) is 6.61 Å². The molecule has 0 amide bonds.